The Bertz CT molecular complexity index is 1420. The largest absolute Gasteiger partial charge is 0.493 e. The maximum absolute atomic E-state index is 13.7. The average Bonchev–Trinajstić information content (AvgIpc) is 3.00. The van der Waals surface area contributed by atoms with E-state index in [1.54, 1.807) is 6.07 Å². The van der Waals surface area contributed by atoms with Crippen molar-refractivity contribution >= 4 is 17.6 Å². The highest BCUT2D eigenvalue weighted by Crippen LogP contribution is 2.37. The highest BCUT2D eigenvalue weighted by atomic mass is 35.5. The van der Waals surface area contributed by atoms with Crippen LogP contribution in [-0.4, -0.2) is 37.7 Å². The van der Waals surface area contributed by atoms with E-state index in [0.29, 0.717) is 31.0 Å². The number of halogens is 4. The summed E-state index contributed by atoms with van der Waals surface area (Å²) in [5.74, 6) is 0.295. The Morgan fingerprint density at radius 2 is 1.49 bits per heavy atom. The summed E-state index contributed by atoms with van der Waals surface area (Å²) in [6, 6.07) is 31.5. The summed E-state index contributed by atoms with van der Waals surface area (Å²) in [5, 5.41) is -0.276. The van der Waals surface area contributed by atoms with Gasteiger partial charge >= 0.3 is 12.1 Å². The van der Waals surface area contributed by atoms with Gasteiger partial charge in [-0.05, 0) is 40.5 Å². The van der Waals surface area contributed by atoms with E-state index in [2.05, 4.69) is 29.2 Å². The van der Waals surface area contributed by atoms with Crippen molar-refractivity contribution in [3.05, 3.63) is 136 Å². The van der Waals surface area contributed by atoms with Gasteiger partial charge in [-0.1, -0.05) is 103 Å². The monoisotopic (exact) mass is 609 g/mol. The molecule has 0 aromatic heterocycles. The van der Waals surface area contributed by atoms with Crippen molar-refractivity contribution in [1.82, 2.24) is 4.90 Å². The second kappa shape index (κ2) is 15.1. The Morgan fingerprint density at radius 3 is 2.09 bits per heavy atom. The first-order valence-corrected chi connectivity index (χ1v) is 14.5. The molecular weight excluding hydrogens is 575 g/mol. The Morgan fingerprint density at radius 1 is 0.860 bits per heavy atom. The number of nitrogens with zero attached hydrogens (tertiary/aromatic N) is 1. The fraction of sp³-hybridized carbons (Fsp3) is 0.286. The van der Waals surface area contributed by atoms with E-state index in [1.807, 2.05) is 67.6 Å². The van der Waals surface area contributed by atoms with Gasteiger partial charge in [-0.2, -0.15) is 13.2 Å². The van der Waals surface area contributed by atoms with Crippen molar-refractivity contribution in [1.29, 1.82) is 0 Å². The van der Waals surface area contributed by atoms with Gasteiger partial charge in [-0.15, -0.1) is 0 Å². The molecule has 0 bridgehead atoms. The van der Waals surface area contributed by atoms with Gasteiger partial charge in [0.2, 0.25) is 0 Å². The zero-order valence-electron chi connectivity index (χ0n) is 24.2. The van der Waals surface area contributed by atoms with Crippen molar-refractivity contribution in [2.24, 2.45) is 5.92 Å². The van der Waals surface area contributed by atoms with Gasteiger partial charge in [0.25, 0.3) is 0 Å². The molecule has 0 heterocycles. The van der Waals surface area contributed by atoms with Gasteiger partial charge in [0, 0.05) is 31.5 Å². The number of carbonyl (C=O) groups is 1. The molecule has 0 amide bonds. The zero-order valence-corrected chi connectivity index (χ0v) is 24.9. The van der Waals surface area contributed by atoms with E-state index < -0.39 is 11.7 Å². The zero-order chi connectivity index (χ0) is 30.8. The van der Waals surface area contributed by atoms with E-state index in [0.717, 1.165) is 22.8 Å². The SMILES string of the molecule is COC(=O)Cc1cccc(OC[C@@H](C)CN(Cc2cccc(C(F)(F)F)c2Cl)CC(c2ccccc2)c2ccccc2)c1. The number of benzene rings is 4. The van der Waals surface area contributed by atoms with Crippen LogP contribution in [0.2, 0.25) is 5.02 Å². The van der Waals surface area contributed by atoms with Crippen LogP contribution in [0.25, 0.3) is 0 Å². The van der Waals surface area contributed by atoms with Crippen LogP contribution < -0.4 is 4.74 Å². The summed E-state index contributed by atoms with van der Waals surface area (Å²) in [4.78, 5) is 13.8. The molecule has 0 radical (unpaired) electrons. The summed E-state index contributed by atoms with van der Waals surface area (Å²) >= 11 is 6.34. The fourth-order valence-corrected chi connectivity index (χ4v) is 5.41. The lowest BCUT2D eigenvalue weighted by molar-refractivity contribution is -0.140. The van der Waals surface area contributed by atoms with Gasteiger partial charge in [0.15, 0.2) is 0 Å². The molecule has 43 heavy (non-hydrogen) atoms. The Kier molecular flexibility index (Phi) is 11.3. The maximum atomic E-state index is 13.7. The quantitative estimate of drug-likeness (QED) is 0.143. The van der Waals surface area contributed by atoms with E-state index in [-0.39, 0.29) is 35.8 Å². The number of hydrogen-bond acceptors (Lipinski definition) is 4. The molecule has 4 aromatic carbocycles. The van der Waals surface area contributed by atoms with Crippen LogP contribution in [0.3, 0.4) is 0 Å². The van der Waals surface area contributed by atoms with Gasteiger partial charge in [0.05, 0.1) is 30.7 Å². The smallest absolute Gasteiger partial charge is 0.417 e. The molecule has 4 rings (SSSR count). The number of ether oxygens (including phenoxy) is 2. The number of alkyl halides is 3. The molecule has 0 saturated heterocycles. The average molecular weight is 610 g/mol. The maximum Gasteiger partial charge on any atom is 0.417 e. The number of carbonyl (C=O) groups excluding carboxylic acids is 1. The highest BCUT2D eigenvalue weighted by molar-refractivity contribution is 6.32. The van der Waals surface area contributed by atoms with Crippen LogP contribution in [-0.2, 0) is 28.7 Å². The summed E-state index contributed by atoms with van der Waals surface area (Å²) in [6.07, 6.45) is -4.40. The summed E-state index contributed by atoms with van der Waals surface area (Å²) in [5.41, 5.74) is 2.59. The molecule has 1 atom stereocenters. The minimum absolute atomic E-state index is 0.0148. The minimum Gasteiger partial charge on any atom is -0.493 e. The van der Waals surface area contributed by atoms with E-state index in [1.165, 1.54) is 13.2 Å². The third-order valence-corrected chi connectivity index (χ3v) is 7.65. The number of hydrogen-bond donors (Lipinski definition) is 0. The van der Waals surface area contributed by atoms with Crippen molar-refractivity contribution in [3.63, 3.8) is 0 Å². The molecule has 0 aliphatic carbocycles. The van der Waals surface area contributed by atoms with Crippen LogP contribution in [0.15, 0.2) is 103 Å². The van der Waals surface area contributed by atoms with Crippen molar-refractivity contribution in [2.45, 2.75) is 32.0 Å². The van der Waals surface area contributed by atoms with Gasteiger partial charge in [-0.25, -0.2) is 0 Å². The van der Waals surface area contributed by atoms with Crippen LogP contribution in [0.1, 0.15) is 40.7 Å². The Balaban J connectivity index is 1.57. The molecule has 0 aliphatic rings. The molecule has 4 nitrogen and oxygen atoms in total. The summed E-state index contributed by atoms with van der Waals surface area (Å²) in [6.45, 7) is 3.75. The Labute approximate surface area is 256 Å². The number of esters is 1. The first kappa shape index (κ1) is 32.1. The predicted molar refractivity (Wildman–Crippen MR) is 163 cm³/mol. The normalized spacial score (nSPS) is 12.4. The second-order valence-electron chi connectivity index (χ2n) is 10.7. The minimum atomic E-state index is -4.54. The van der Waals surface area contributed by atoms with Crippen molar-refractivity contribution in [2.75, 3.05) is 26.8 Å². The molecule has 226 valence electrons. The molecule has 8 heteroatoms. The lowest BCUT2D eigenvalue weighted by atomic mass is 9.90. The molecule has 4 aromatic rings. The summed E-state index contributed by atoms with van der Waals surface area (Å²) in [7, 11) is 1.35. The highest BCUT2D eigenvalue weighted by Gasteiger charge is 2.34. The van der Waals surface area contributed by atoms with Crippen LogP contribution in [0.5, 0.6) is 5.75 Å². The van der Waals surface area contributed by atoms with Gasteiger partial charge in [-0.3, -0.25) is 9.69 Å². The molecule has 0 spiro atoms. The molecular formula is C35H35ClF3NO3. The first-order chi connectivity index (χ1) is 20.6. The van der Waals surface area contributed by atoms with Gasteiger partial charge < -0.3 is 9.47 Å². The lowest BCUT2D eigenvalue weighted by Gasteiger charge is -2.31. The van der Waals surface area contributed by atoms with E-state index in [4.69, 9.17) is 21.1 Å². The molecule has 0 aliphatic heterocycles. The van der Waals surface area contributed by atoms with Crippen molar-refractivity contribution < 1.29 is 27.4 Å². The van der Waals surface area contributed by atoms with Crippen LogP contribution >= 0.6 is 11.6 Å². The third kappa shape index (κ3) is 9.34. The number of rotatable bonds is 13. The number of methoxy groups -OCH3 is 1. The second-order valence-corrected chi connectivity index (χ2v) is 11.0. The van der Waals surface area contributed by atoms with Crippen molar-refractivity contribution in [3.8, 4) is 5.75 Å². The fourth-order valence-electron chi connectivity index (χ4n) is 5.11. The molecule has 0 N–H and O–H groups in total. The van der Waals surface area contributed by atoms with E-state index >= 15 is 0 Å². The molecule has 0 saturated carbocycles. The van der Waals surface area contributed by atoms with E-state index in [9.17, 15) is 18.0 Å². The lowest BCUT2D eigenvalue weighted by Crippen LogP contribution is -2.34. The summed E-state index contributed by atoms with van der Waals surface area (Å²) < 4.78 is 51.8. The first-order valence-electron chi connectivity index (χ1n) is 14.1. The standard InChI is InChI=1S/C35H35ClF3NO3/c1-25(24-43-30-17-9-11-26(19-30)20-33(41)42-2)21-40(22-29-16-10-18-32(34(29)36)35(37,38)39)23-31(27-12-5-3-6-13-27)28-14-7-4-8-15-28/h3-19,25,31H,20-24H2,1-2H3/t25-/m0/s1. The molecule has 0 fully saturated rings. The molecule has 0 unspecified atom stereocenters. The third-order valence-electron chi connectivity index (χ3n) is 7.20. The Hall–Kier alpha value is -3.81. The predicted octanol–water partition coefficient (Wildman–Crippen LogP) is 8.42. The topological polar surface area (TPSA) is 38.8 Å². The van der Waals surface area contributed by atoms with Gasteiger partial charge in [0.1, 0.15) is 5.75 Å². The van der Waals surface area contributed by atoms with Crippen LogP contribution in [0, 0.1) is 5.92 Å². The van der Waals surface area contributed by atoms with Crippen LogP contribution in [0.4, 0.5) is 13.2 Å².